The van der Waals surface area contributed by atoms with Crippen molar-refractivity contribution in [2.24, 2.45) is 0 Å². The summed E-state index contributed by atoms with van der Waals surface area (Å²) in [5.74, 6) is -1.69. The molecule has 4 rings (SSSR count). The summed E-state index contributed by atoms with van der Waals surface area (Å²) >= 11 is 0. The van der Waals surface area contributed by atoms with Gasteiger partial charge in [-0.15, -0.1) is 0 Å². The second-order valence-electron chi connectivity index (χ2n) is 6.30. The summed E-state index contributed by atoms with van der Waals surface area (Å²) in [6.07, 6.45) is 3.03. The van der Waals surface area contributed by atoms with Gasteiger partial charge in [-0.05, 0) is 47.9 Å². The lowest BCUT2D eigenvalue weighted by molar-refractivity contribution is -0.110. The molecule has 0 saturated heterocycles. The van der Waals surface area contributed by atoms with Crippen molar-refractivity contribution >= 4 is 29.2 Å². The molecule has 2 heterocycles. The van der Waals surface area contributed by atoms with Crippen molar-refractivity contribution in [2.75, 3.05) is 5.32 Å². The number of carboxylic acid groups (broad SMARTS) is 1. The summed E-state index contributed by atoms with van der Waals surface area (Å²) < 4.78 is 13.7. The van der Waals surface area contributed by atoms with Gasteiger partial charge >= 0.3 is 5.97 Å². The van der Waals surface area contributed by atoms with Crippen LogP contribution in [0.2, 0.25) is 0 Å². The van der Waals surface area contributed by atoms with Gasteiger partial charge in [-0.1, -0.05) is 24.3 Å². The maximum absolute atomic E-state index is 13.7. The smallest absolute Gasteiger partial charge is 0.337 e. The number of carbonyl (C=O) groups excluding carboxylic acids is 1. The third-order valence-electron chi connectivity index (χ3n) is 4.66. The number of rotatable bonds is 3. The fraction of sp³-hybridized carbons (Fsp3) is 0.0476. The van der Waals surface area contributed by atoms with E-state index in [4.69, 9.17) is 0 Å². The van der Waals surface area contributed by atoms with Crippen molar-refractivity contribution in [3.05, 3.63) is 76.9 Å². The Morgan fingerprint density at radius 3 is 2.67 bits per heavy atom. The summed E-state index contributed by atoms with van der Waals surface area (Å²) in [5, 5.41) is 12.0. The highest BCUT2D eigenvalue weighted by atomic mass is 19.1. The highest BCUT2D eigenvalue weighted by Crippen LogP contribution is 2.40. The van der Waals surface area contributed by atoms with Crippen molar-refractivity contribution in [2.45, 2.75) is 6.92 Å². The normalized spacial score (nSPS) is 14.3. The lowest BCUT2D eigenvalue weighted by Crippen LogP contribution is -2.03. The molecule has 0 radical (unpaired) electrons. The van der Waals surface area contributed by atoms with Gasteiger partial charge in [-0.2, -0.15) is 0 Å². The van der Waals surface area contributed by atoms with Crippen LogP contribution in [0.25, 0.3) is 22.8 Å². The Bertz CT molecular complexity index is 1130. The number of halogens is 1. The van der Waals surface area contributed by atoms with Crippen LogP contribution in [0.3, 0.4) is 0 Å². The number of anilines is 1. The molecular formula is C21H15FN2O3. The van der Waals surface area contributed by atoms with Gasteiger partial charge in [0.2, 0.25) is 0 Å². The van der Waals surface area contributed by atoms with Gasteiger partial charge in [0.1, 0.15) is 5.82 Å². The van der Waals surface area contributed by atoms with E-state index in [0.29, 0.717) is 33.6 Å². The molecule has 5 nitrogen and oxygen atoms in total. The van der Waals surface area contributed by atoms with E-state index >= 15 is 0 Å². The quantitative estimate of drug-likeness (QED) is 0.607. The Morgan fingerprint density at radius 2 is 1.96 bits per heavy atom. The summed E-state index contributed by atoms with van der Waals surface area (Å²) in [6, 6.07) is 11.6. The van der Waals surface area contributed by atoms with Gasteiger partial charge in [-0.3, -0.25) is 4.79 Å². The van der Waals surface area contributed by atoms with Gasteiger partial charge in [0.15, 0.2) is 0 Å². The zero-order valence-corrected chi connectivity index (χ0v) is 14.3. The molecule has 3 N–H and O–H groups in total. The molecule has 0 fully saturated rings. The predicted octanol–water partition coefficient (Wildman–Crippen LogP) is 4.32. The maximum atomic E-state index is 13.7. The molecule has 0 saturated carbocycles. The Kier molecular flexibility index (Phi) is 3.88. The number of hydrogen-bond acceptors (Lipinski definition) is 2. The fourth-order valence-electron chi connectivity index (χ4n) is 3.31. The largest absolute Gasteiger partial charge is 0.478 e. The van der Waals surface area contributed by atoms with E-state index in [2.05, 4.69) is 10.3 Å². The molecule has 27 heavy (non-hydrogen) atoms. The number of nitrogens with one attached hydrogen (secondary N) is 2. The molecule has 0 spiro atoms. The minimum absolute atomic E-state index is 0.152. The van der Waals surface area contributed by atoms with Crippen molar-refractivity contribution < 1.29 is 19.1 Å². The molecule has 2 aromatic carbocycles. The predicted molar refractivity (Wildman–Crippen MR) is 101 cm³/mol. The van der Waals surface area contributed by atoms with Crippen molar-refractivity contribution in [3.63, 3.8) is 0 Å². The summed E-state index contributed by atoms with van der Waals surface area (Å²) in [4.78, 5) is 26.7. The number of amides is 1. The molecule has 1 aliphatic heterocycles. The highest BCUT2D eigenvalue weighted by molar-refractivity contribution is 6.36. The Morgan fingerprint density at radius 1 is 1.19 bits per heavy atom. The Labute approximate surface area is 154 Å². The zero-order chi connectivity index (χ0) is 19.1. The first-order valence-electron chi connectivity index (χ1n) is 8.29. The van der Waals surface area contributed by atoms with E-state index in [-0.39, 0.29) is 17.3 Å². The first-order chi connectivity index (χ1) is 13.0. The number of aromatic carboxylic acids is 1. The van der Waals surface area contributed by atoms with Crippen LogP contribution >= 0.6 is 0 Å². The van der Waals surface area contributed by atoms with E-state index in [9.17, 15) is 19.1 Å². The lowest BCUT2D eigenvalue weighted by Gasteiger charge is -2.09. The van der Waals surface area contributed by atoms with Crippen molar-refractivity contribution in [1.82, 2.24) is 4.98 Å². The monoisotopic (exact) mass is 362 g/mol. The topological polar surface area (TPSA) is 82.2 Å². The number of benzene rings is 2. The molecule has 1 aliphatic rings. The minimum atomic E-state index is -1.04. The van der Waals surface area contributed by atoms with Crippen LogP contribution in [0, 0.1) is 12.7 Å². The number of H-pyrrole nitrogens is 1. The van der Waals surface area contributed by atoms with Crippen LogP contribution in [0.15, 0.2) is 48.7 Å². The number of carboxylic acids is 1. The minimum Gasteiger partial charge on any atom is -0.478 e. The van der Waals surface area contributed by atoms with Crippen LogP contribution in [-0.2, 0) is 4.79 Å². The average molecular weight is 362 g/mol. The van der Waals surface area contributed by atoms with Crippen molar-refractivity contribution in [3.8, 4) is 11.1 Å². The maximum Gasteiger partial charge on any atom is 0.337 e. The molecule has 0 aliphatic carbocycles. The van der Waals surface area contributed by atoms with Crippen molar-refractivity contribution in [1.29, 1.82) is 0 Å². The molecular weight excluding hydrogens is 347 g/mol. The van der Waals surface area contributed by atoms with Crippen LogP contribution < -0.4 is 5.32 Å². The number of fused-ring (bicyclic) bond motifs is 1. The van der Waals surface area contributed by atoms with Gasteiger partial charge in [0, 0.05) is 23.1 Å². The number of aromatic amines is 1. The Balaban J connectivity index is 1.90. The summed E-state index contributed by atoms with van der Waals surface area (Å²) in [5.41, 5.74) is 4.31. The first-order valence-corrected chi connectivity index (χ1v) is 8.29. The van der Waals surface area contributed by atoms with Crippen LogP contribution in [0.5, 0.6) is 0 Å². The number of carbonyl (C=O) groups is 2. The standard InChI is InChI=1S/C21H15FN2O3/c1-11-16(21(26)27)10-23-18(11)9-15-19-14(12-4-2-5-13(22)8-12)6-3-7-17(19)24-20(15)25/h2-10,23H,1H3,(H,24,25)(H,26,27). The fourth-order valence-corrected chi connectivity index (χ4v) is 3.31. The SMILES string of the molecule is Cc1c(C(=O)O)c[nH]c1C=C1C(=O)Nc2cccc(-c3cccc(F)c3)c21. The van der Waals surface area contributed by atoms with E-state index in [0.717, 1.165) is 5.56 Å². The second kappa shape index (κ2) is 6.25. The van der Waals surface area contributed by atoms with Crippen LogP contribution in [-0.4, -0.2) is 22.0 Å². The summed E-state index contributed by atoms with van der Waals surface area (Å²) in [7, 11) is 0. The molecule has 0 bridgehead atoms. The molecule has 1 aromatic heterocycles. The molecule has 6 heteroatoms. The molecule has 0 unspecified atom stereocenters. The summed E-state index contributed by atoms with van der Waals surface area (Å²) in [6.45, 7) is 1.68. The highest BCUT2D eigenvalue weighted by Gasteiger charge is 2.28. The number of aromatic nitrogens is 1. The van der Waals surface area contributed by atoms with Gasteiger partial charge in [0.05, 0.1) is 11.1 Å². The number of hydrogen-bond donors (Lipinski definition) is 3. The Hall–Kier alpha value is -3.67. The van der Waals surface area contributed by atoms with E-state index in [1.54, 1.807) is 37.3 Å². The van der Waals surface area contributed by atoms with E-state index in [1.807, 2.05) is 6.07 Å². The lowest BCUT2D eigenvalue weighted by atomic mass is 9.94. The second-order valence-corrected chi connectivity index (χ2v) is 6.30. The first kappa shape index (κ1) is 16.8. The van der Waals surface area contributed by atoms with E-state index < -0.39 is 5.97 Å². The zero-order valence-electron chi connectivity index (χ0n) is 14.3. The van der Waals surface area contributed by atoms with Gasteiger partial charge in [-0.25, -0.2) is 9.18 Å². The van der Waals surface area contributed by atoms with Gasteiger partial charge < -0.3 is 15.4 Å². The van der Waals surface area contributed by atoms with Crippen LogP contribution in [0.4, 0.5) is 10.1 Å². The van der Waals surface area contributed by atoms with Gasteiger partial charge in [0.25, 0.3) is 5.91 Å². The van der Waals surface area contributed by atoms with E-state index in [1.165, 1.54) is 18.3 Å². The average Bonchev–Trinajstić information content (AvgIpc) is 3.15. The molecule has 134 valence electrons. The molecule has 3 aromatic rings. The third kappa shape index (κ3) is 2.81. The molecule has 1 amide bonds. The molecule has 0 atom stereocenters. The van der Waals surface area contributed by atoms with Crippen LogP contribution in [0.1, 0.15) is 27.2 Å². The third-order valence-corrected chi connectivity index (χ3v) is 4.66.